The Morgan fingerprint density at radius 1 is 1.23 bits per heavy atom. The van der Waals surface area contributed by atoms with Crippen molar-refractivity contribution in [2.45, 2.75) is 64.8 Å². The number of alkyl carbamates (subject to hydrolysis) is 1. The van der Waals surface area contributed by atoms with Crippen molar-refractivity contribution < 1.29 is 23.9 Å². The Hall–Kier alpha value is -3.03. The highest BCUT2D eigenvalue weighted by molar-refractivity contribution is 5.92. The summed E-state index contributed by atoms with van der Waals surface area (Å²) in [4.78, 5) is 42.9. The summed E-state index contributed by atoms with van der Waals surface area (Å²) in [5, 5.41) is 3.60. The molecule has 3 rings (SSSR count). The summed E-state index contributed by atoms with van der Waals surface area (Å²) in [5.41, 5.74) is 2.16. The Morgan fingerprint density at radius 2 is 1.90 bits per heavy atom. The minimum absolute atomic E-state index is 0.335. The van der Waals surface area contributed by atoms with E-state index in [2.05, 4.69) is 10.3 Å². The van der Waals surface area contributed by atoms with Gasteiger partial charge in [0, 0.05) is 23.0 Å². The lowest BCUT2D eigenvalue weighted by Crippen LogP contribution is -2.56. The standard InChI is InChI=1S/C22H29N3O5/c1-12(23-21(28)30-22(3,4)5)19(26)25-13(2)18-15(11-17(25)20(27)29-6)14-9-7-8-10-16(14)24-18/h7-10,12-13,17,24H,11H2,1-6H3,(H,23,28)/t12-,13-,17-/m0/s1. The van der Waals surface area contributed by atoms with Gasteiger partial charge in [0.25, 0.3) is 0 Å². The maximum atomic E-state index is 13.3. The topological polar surface area (TPSA) is 101 Å². The number of nitrogens with zero attached hydrogens (tertiary/aromatic N) is 1. The van der Waals surface area contributed by atoms with Crippen molar-refractivity contribution in [2.75, 3.05) is 7.11 Å². The fourth-order valence-electron chi connectivity index (χ4n) is 3.95. The molecule has 1 aliphatic heterocycles. The van der Waals surface area contributed by atoms with Crippen molar-refractivity contribution in [3.8, 4) is 0 Å². The fraction of sp³-hybridized carbons (Fsp3) is 0.500. The number of nitrogens with one attached hydrogen (secondary N) is 2. The first-order valence-electron chi connectivity index (χ1n) is 10.0. The maximum Gasteiger partial charge on any atom is 0.408 e. The smallest absolute Gasteiger partial charge is 0.408 e. The first kappa shape index (κ1) is 21.7. The van der Waals surface area contributed by atoms with Gasteiger partial charge in [0.05, 0.1) is 13.2 Å². The number of esters is 1. The Labute approximate surface area is 175 Å². The lowest BCUT2D eigenvalue weighted by molar-refractivity contribution is -0.156. The van der Waals surface area contributed by atoms with Gasteiger partial charge in [0.15, 0.2) is 0 Å². The normalized spacial score (nSPS) is 19.7. The molecule has 0 saturated heterocycles. The molecule has 0 aliphatic carbocycles. The van der Waals surface area contributed by atoms with E-state index < -0.39 is 35.8 Å². The number of amides is 2. The molecule has 1 aromatic heterocycles. The van der Waals surface area contributed by atoms with Crippen LogP contribution in [0.25, 0.3) is 10.9 Å². The minimum atomic E-state index is -0.875. The number of aromatic amines is 1. The zero-order valence-electron chi connectivity index (χ0n) is 18.2. The van der Waals surface area contributed by atoms with E-state index in [1.54, 1.807) is 27.7 Å². The van der Waals surface area contributed by atoms with Crippen molar-refractivity contribution in [3.63, 3.8) is 0 Å². The third kappa shape index (κ3) is 4.13. The summed E-state index contributed by atoms with van der Waals surface area (Å²) in [6, 6.07) is 5.77. The highest BCUT2D eigenvalue weighted by atomic mass is 16.6. The van der Waals surface area contributed by atoms with Crippen LogP contribution in [-0.4, -0.2) is 52.6 Å². The Kier molecular flexibility index (Phi) is 5.78. The van der Waals surface area contributed by atoms with Crippen molar-refractivity contribution >= 4 is 28.9 Å². The third-order valence-electron chi connectivity index (χ3n) is 5.25. The average Bonchev–Trinajstić information content (AvgIpc) is 3.04. The van der Waals surface area contributed by atoms with Crippen LogP contribution in [0.3, 0.4) is 0 Å². The van der Waals surface area contributed by atoms with E-state index in [-0.39, 0.29) is 5.91 Å². The van der Waals surface area contributed by atoms with Crippen LogP contribution in [0.4, 0.5) is 4.79 Å². The number of hydrogen-bond donors (Lipinski definition) is 2. The van der Waals surface area contributed by atoms with Gasteiger partial charge < -0.3 is 24.7 Å². The average molecular weight is 415 g/mol. The van der Waals surface area contributed by atoms with Crippen LogP contribution in [-0.2, 0) is 25.5 Å². The van der Waals surface area contributed by atoms with Gasteiger partial charge in [-0.05, 0) is 46.2 Å². The van der Waals surface area contributed by atoms with Crippen LogP contribution in [0.5, 0.6) is 0 Å². The zero-order chi connectivity index (χ0) is 22.2. The molecule has 30 heavy (non-hydrogen) atoms. The molecule has 2 N–H and O–H groups in total. The first-order valence-corrected chi connectivity index (χ1v) is 10.0. The molecule has 1 aliphatic rings. The molecule has 0 fully saturated rings. The molecule has 8 nitrogen and oxygen atoms in total. The van der Waals surface area contributed by atoms with E-state index in [9.17, 15) is 14.4 Å². The van der Waals surface area contributed by atoms with Gasteiger partial charge in [-0.15, -0.1) is 0 Å². The summed E-state index contributed by atoms with van der Waals surface area (Å²) >= 11 is 0. The summed E-state index contributed by atoms with van der Waals surface area (Å²) < 4.78 is 10.2. The van der Waals surface area contributed by atoms with E-state index in [1.165, 1.54) is 12.0 Å². The largest absolute Gasteiger partial charge is 0.467 e. The van der Waals surface area contributed by atoms with Crippen LogP contribution < -0.4 is 5.32 Å². The number of H-pyrrole nitrogens is 1. The number of para-hydroxylation sites is 1. The molecule has 3 atom stereocenters. The second-order valence-electron chi connectivity index (χ2n) is 8.60. The number of rotatable bonds is 3. The molecular formula is C22H29N3O5. The molecule has 0 spiro atoms. The molecule has 8 heteroatoms. The quantitative estimate of drug-likeness (QED) is 0.751. The van der Waals surface area contributed by atoms with Crippen molar-refractivity contribution in [1.82, 2.24) is 15.2 Å². The summed E-state index contributed by atoms with van der Waals surface area (Å²) in [7, 11) is 1.31. The second kappa shape index (κ2) is 8.01. The predicted molar refractivity (Wildman–Crippen MR) is 112 cm³/mol. The fourth-order valence-corrected chi connectivity index (χ4v) is 3.95. The van der Waals surface area contributed by atoms with E-state index in [0.717, 1.165) is 22.2 Å². The van der Waals surface area contributed by atoms with E-state index >= 15 is 0 Å². The SMILES string of the molecule is COC(=O)[C@@H]1Cc2c([nH]c3ccccc23)[C@H](C)N1C(=O)[C@H](C)NC(=O)OC(C)(C)C. The van der Waals surface area contributed by atoms with Crippen LogP contribution in [0, 0.1) is 0 Å². The highest BCUT2D eigenvalue weighted by Gasteiger charge is 2.43. The molecule has 1 aromatic carbocycles. The van der Waals surface area contributed by atoms with Gasteiger partial charge in [-0.25, -0.2) is 9.59 Å². The first-order chi connectivity index (χ1) is 14.0. The lowest BCUT2D eigenvalue weighted by Gasteiger charge is -2.40. The Bertz CT molecular complexity index is 975. The number of benzene rings is 1. The Balaban J connectivity index is 1.92. The molecular weight excluding hydrogens is 386 g/mol. The number of ether oxygens (including phenoxy) is 2. The molecule has 0 bridgehead atoms. The van der Waals surface area contributed by atoms with Gasteiger partial charge in [-0.2, -0.15) is 0 Å². The van der Waals surface area contributed by atoms with Gasteiger partial charge in [0.1, 0.15) is 17.7 Å². The van der Waals surface area contributed by atoms with Gasteiger partial charge in [-0.1, -0.05) is 18.2 Å². The second-order valence-corrected chi connectivity index (χ2v) is 8.60. The van der Waals surface area contributed by atoms with Crippen molar-refractivity contribution in [1.29, 1.82) is 0 Å². The van der Waals surface area contributed by atoms with Gasteiger partial charge in [-0.3, -0.25) is 4.79 Å². The number of fused-ring (bicyclic) bond motifs is 3. The van der Waals surface area contributed by atoms with Crippen molar-refractivity contribution in [2.24, 2.45) is 0 Å². The number of hydrogen-bond acceptors (Lipinski definition) is 5. The van der Waals surface area contributed by atoms with E-state index in [1.807, 2.05) is 31.2 Å². The summed E-state index contributed by atoms with van der Waals surface area (Å²) in [6.07, 6.45) is -0.352. The zero-order valence-corrected chi connectivity index (χ0v) is 18.2. The predicted octanol–water partition coefficient (Wildman–Crippen LogP) is 3.07. The van der Waals surface area contributed by atoms with E-state index in [4.69, 9.17) is 9.47 Å². The lowest BCUT2D eigenvalue weighted by atomic mass is 9.91. The molecule has 2 aromatic rings. The molecule has 2 amide bonds. The van der Waals surface area contributed by atoms with Crippen LogP contribution in [0.1, 0.15) is 51.9 Å². The van der Waals surface area contributed by atoms with Gasteiger partial charge >= 0.3 is 12.1 Å². The molecule has 2 heterocycles. The molecule has 0 radical (unpaired) electrons. The van der Waals surface area contributed by atoms with Crippen molar-refractivity contribution in [3.05, 3.63) is 35.5 Å². The van der Waals surface area contributed by atoms with E-state index in [0.29, 0.717) is 6.42 Å². The maximum absolute atomic E-state index is 13.3. The number of carbonyl (C=O) groups excluding carboxylic acids is 3. The Morgan fingerprint density at radius 3 is 2.53 bits per heavy atom. The molecule has 0 saturated carbocycles. The molecule has 0 unspecified atom stereocenters. The van der Waals surface area contributed by atoms with Crippen LogP contribution in [0.15, 0.2) is 24.3 Å². The molecule has 162 valence electrons. The number of methoxy groups -OCH3 is 1. The number of carbonyl (C=O) groups is 3. The third-order valence-corrected chi connectivity index (χ3v) is 5.25. The van der Waals surface area contributed by atoms with Crippen LogP contribution in [0.2, 0.25) is 0 Å². The summed E-state index contributed by atoms with van der Waals surface area (Å²) in [6.45, 7) is 8.68. The number of aromatic nitrogens is 1. The van der Waals surface area contributed by atoms with Gasteiger partial charge in [0.2, 0.25) is 5.91 Å². The highest BCUT2D eigenvalue weighted by Crippen LogP contribution is 2.37. The van der Waals surface area contributed by atoms with Crippen LogP contribution >= 0.6 is 0 Å². The monoisotopic (exact) mass is 415 g/mol. The summed E-state index contributed by atoms with van der Waals surface area (Å²) in [5.74, 6) is -0.872. The minimum Gasteiger partial charge on any atom is -0.467 e.